The lowest BCUT2D eigenvalue weighted by Gasteiger charge is -1.99. The van der Waals surface area contributed by atoms with Gasteiger partial charge >= 0.3 is 5.69 Å². The van der Waals surface area contributed by atoms with Crippen LogP contribution in [0.4, 0.5) is 5.69 Å². The number of nitro benzene ring substituents is 1. The quantitative estimate of drug-likeness (QED) is 0.616. The number of benzene rings is 1. The Kier molecular flexibility index (Phi) is 2.12. The van der Waals surface area contributed by atoms with Crippen LogP contribution in [0.15, 0.2) is 29.6 Å². The maximum atomic E-state index is 11.5. The van der Waals surface area contributed by atoms with Gasteiger partial charge in [-0.25, -0.2) is 4.79 Å². The Hall–Kier alpha value is -2.37. The summed E-state index contributed by atoms with van der Waals surface area (Å²) >= 11 is 0. The van der Waals surface area contributed by atoms with Gasteiger partial charge in [0.05, 0.1) is 16.0 Å². The van der Waals surface area contributed by atoms with Crippen LogP contribution in [0.25, 0.3) is 16.7 Å². The van der Waals surface area contributed by atoms with Crippen molar-refractivity contribution in [1.29, 1.82) is 0 Å². The summed E-state index contributed by atoms with van der Waals surface area (Å²) in [5, 5.41) is 10.6. The lowest BCUT2D eigenvalue weighted by atomic mass is 10.3. The topological polar surface area (TPSA) is 80.9 Å². The molecule has 2 rings (SSSR count). The monoisotopic (exact) mass is 219 g/mol. The van der Waals surface area contributed by atoms with Crippen LogP contribution < -0.4 is 5.69 Å². The number of hydrogen-bond donors (Lipinski definition) is 1. The smallest absolute Gasteiger partial charge is 0.305 e. The van der Waals surface area contributed by atoms with Gasteiger partial charge in [0.1, 0.15) is 0 Å². The molecular weight excluding hydrogens is 210 g/mol. The standard InChI is InChI=1S/C10H9N3O3/c1-6(2)12-9-4-3-7(13(15)16)5-8(9)11-10(12)14/h3-5H,1H2,2H3,(H,11,14). The van der Waals surface area contributed by atoms with Crippen molar-refractivity contribution in [3.05, 3.63) is 45.4 Å². The Labute approximate surface area is 90.0 Å². The number of allylic oxidation sites excluding steroid dienone is 1. The van der Waals surface area contributed by atoms with Crippen LogP contribution >= 0.6 is 0 Å². The lowest BCUT2D eigenvalue weighted by molar-refractivity contribution is -0.384. The second-order valence-electron chi connectivity index (χ2n) is 3.46. The first kappa shape index (κ1) is 10.2. The number of non-ortho nitro benzene ring substituents is 1. The molecule has 16 heavy (non-hydrogen) atoms. The van der Waals surface area contributed by atoms with Gasteiger partial charge < -0.3 is 4.98 Å². The zero-order valence-corrected chi connectivity index (χ0v) is 8.56. The normalized spacial score (nSPS) is 10.6. The third-order valence-electron chi connectivity index (χ3n) is 2.26. The second-order valence-corrected chi connectivity index (χ2v) is 3.46. The van der Waals surface area contributed by atoms with Gasteiger partial charge in [-0.15, -0.1) is 0 Å². The zero-order valence-electron chi connectivity index (χ0n) is 8.56. The molecule has 0 radical (unpaired) electrons. The zero-order chi connectivity index (χ0) is 11.9. The first-order chi connectivity index (χ1) is 7.50. The van der Waals surface area contributed by atoms with Crippen LogP contribution in [0.1, 0.15) is 6.92 Å². The third kappa shape index (κ3) is 1.40. The highest BCUT2D eigenvalue weighted by Gasteiger charge is 2.11. The van der Waals surface area contributed by atoms with Gasteiger partial charge in [0.25, 0.3) is 5.69 Å². The number of nitrogens with zero attached hydrogens (tertiary/aromatic N) is 2. The van der Waals surface area contributed by atoms with E-state index in [-0.39, 0.29) is 11.4 Å². The predicted molar refractivity (Wildman–Crippen MR) is 60.2 cm³/mol. The number of H-pyrrole nitrogens is 1. The summed E-state index contributed by atoms with van der Waals surface area (Å²) in [4.78, 5) is 24.1. The number of nitrogens with one attached hydrogen (secondary N) is 1. The number of rotatable bonds is 2. The van der Waals surface area contributed by atoms with Crippen LogP contribution in [-0.4, -0.2) is 14.5 Å². The first-order valence-corrected chi connectivity index (χ1v) is 4.56. The van der Waals surface area contributed by atoms with Gasteiger partial charge in [0.2, 0.25) is 0 Å². The minimum Gasteiger partial charge on any atom is -0.305 e. The molecule has 82 valence electrons. The Morgan fingerprint density at radius 1 is 1.56 bits per heavy atom. The predicted octanol–water partition coefficient (Wildman–Crippen LogP) is 1.73. The van der Waals surface area contributed by atoms with Gasteiger partial charge in [-0.05, 0) is 13.0 Å². The van der Waals surface area contributed by atoms with Crippen LogP contribution in [0.5, 0.6) is 0 Å². The van der Waals surface area contributed by atoms with E-state index in [2.05, 4.69) is 11.6 Å². The highest BCUT2D eigenvalue weighted by atomic mass is 16.6. The molecule has 2 aromatic rings. The molecule has 0 spiro atoms. The second kappa shape index (κ2) is 3.34. The summed E-state index contributed by atoms with van der Waals surface area (Å²) in [5.74, 6) is 0. The molecule has 0 bridgehead atoms. The summed E-state index contributed by atoms with van der Waals surface area (Å²) in [5.41, 5.74) is 1.18. The Morgan fingerprint density at radius 2 is 2.25 bits per heavy atom. The molecule has 0 amide bonds. The fourth-order valence-electron chi connectivity index (χ4n) is 1.59. The minimum absolute atomic E-state index is 0.0531. The van der Waals surface area contributed by atoms with Crippen molar-refractivity contribution in [2.45, 2.75) is 6.92 Å². The molecule has 0 saturated carbocycles. The highest BCUT2D eigenvalue weighted by Crippen LogP contribution is 2.19. The van der Waals surface area contributed by atoms with Crippen LogP contribution in [-0.2, 0) is 0 Å². The van der Waals surface area contributed by atoms with Crippen molar-refractivity contribution in [1.82, 2.24) is 9.55 Å². The van der Waals surface area contributed by atoms with E-state index in [4.69, 9.17) is 0 Å². The number of imidazole rings is 1. The van der Waals surface area contributed by atoms with Gasteiger partial charge in [-0.2, -0.15) is 0 Å². The SMILES string of the molecule is C=C(C)n1c(=O)[nH]c2cc([N+](=O)[O-])ccc21. The molecule has 0 fully saturated rings. The van der Waals surface area contributed by atoms with Crippen molar-refractivity contribution in [3.63, 3.8) is 0 Å². The van der Waals surface area contributed by atoms with Crippen LogP contribution in [0, 0.1) is 10.1 Å². The van der Waals surface area contributed by atoms with Crippen molar-refractivity contribution >= 4 is 22.4 Å². The summed E-state index contributed by atoms with van der Waals surface area (Å²) < 4.78 is 1.37. The molecule has 1 heterocycles. The molecule has 0 aliphatic rings. The minimum atomic E-state index is -0.504. The maximum absolute atomic E-state index is 11.5. The summed E-state index contributed by atoms with van der Waals surface area (Å²) in [7, 11) is 0. The fourth-order valence-corrected chi connectivity index (χ4v) is 1.59. The lowest BCUT2D eigenvalue weighted by Crippen LogP contribution is -2.13. The average Bonchev–Trinajstić information content (AvgIpc) is 2.51. The van der Waals surface area contributed by atoms with Crippen molar-refractivity contribution in [2.75, 3.05) is 0 Å². The highest BCUT2D eigenvalue weighted by molar-refractivity contribution is 5.80. The molecule has 1 N–H and O–H groups in total. The molecule has 0 aliphatic heterocycles. The summed E-state index contributed by atoms with van der Waals surface area (Å²) in [6.07, 6.45) is 0. The molecule has 1 aromatic heterocycles. The van der Waals surface area contributed by atoms with Gasteiger partial charge in [-0.3, -0.25) is 14.7 Å². The van der Waals surface area contributed by atoms with E-state index in [1.165, 1.54) is 22.8 Å². The molecule has 6 nitrogen and oxygen atoms in total. The van der Waals surface area contributed by atoms with Crippen molar-refractivity contribution < 1.29 is 4.92 Å². The number of nitro groups is 1. The molecular formula is C10H9N3O3. The van der Waals surface area contributed by atoms with Crippen molar-refractivity contribution in [3.8, 4) is 0 Å². The Bertz CT molecular complexity index is 651. The van der Waals surface area contributed by atoms with Crippen LogP contribution in [0.2, 0.25) is 0 Å². The molecule has 0 unspecified atom stereocenters. The summed E-state index contributed by atoms with van der Waals surface area (Å²) in [6, 6.07) is 4.21. The molecule has 0 atom stereocenters. The molecule has 0 aliphatic carbocycles. The number of aromatic nitrogens is 2. The van der Waals surface area contributed by atoms with E-state index >= 15 is 0 Å². The summed E-state index contributed by atoms with van der Waals surface area (Å²) in [6.45, 7) is 5.37. The van der Waals surface area contributed by atoms with Gasteiger partial charge in [0, 0.05) is 17.8 Å². The first-order valence-electron chi connectivity index (χ1n) is 4.56. The van der Waals surface area contributed by atoms with E-state index in [1.54, 1.807) is 6.92 Å². The molecule has 1 aromatic carbocycles. The Balaban J connectivity index is 2.80. The molecule has 0 saturated heterocycles. The number of fused-ring (bicyclic) bond motifs is 1. The van der Waals surface area contributed by atoms with Gasteiger partial charge in [0.15, 0.2) is 0 Å². The average molecular weight is 219 g/mol. The number of hydrogen-bond acceptors (Lipinski definition) is 3. The largest absolute Gasteiger partial charge is 0.330 e. The Morgan fingerprint density at radius 3 is 2.81 bits per heavy atom. The number of aromatic amines is 1. The van der Waals surface area contributed by atoms with E-state index in [1.807, 2.05) is 0 Å². The maximum Gasteiger partial charge on any atom is 0.330 e. The third-order valence-corrected chi connectivity index (χ3v) is 2.26. The van der Waals surface area contributed by atoms with Crippen molar-refractivity contribution in [2.24, 2.45) is 0 Å². The van der Waals surface area contributed by atoms with Gasteiger partial charge in [-0.1, -0.05) is 6.58 Å². The fraction of sp³-hybridized carbons (Fsp3) is 0.100. The molecule has 6 heteroatoms. The van der Waals surface area contributed by atoms with E-state index in [0.717, 1.165) is 0 Å². The van der Waals surface area contributed by atoms with E-state index in [0.29, 0.717) is 16.7 Å². The van der Waals surface area contributed by atoms with E-state index in [9.17, 15) is 14.9 Å². The van der Waals surface area contributed by atoms with Crippen LogP contribution in [0.3, 0.4) is 0 Å². The van der Waals surface area contributed by atoms with E-state index < -0.39 is 4.92 Å².